The number of hydrogen-bond acceptors (Lipinski definition) is 5. The zero-order chi connectivity index (χ0) is 13.2. The van der Waals surface area contributed by atoms with Crippen LogP contribution in [0.5, 0.6) is 0 Å². The van der Waals surface area contributed by atoms with Crippen molar-refractivity contribution in [3.05, 3.63) is 12.7 Å². The summed E-state index contributed by atoms with van der Waals surface area (Å²) in [5.74, 6) is 1.71. The zero-order valence-electron chi connectivity index (χ0n) is 11.3. The average Bonchev–Trinajstić information content (AvgIpc) is 2.78. The van der Waals surface area contributed by atoms with Crippen LogP contribution in [-0.2, 0) is 6.54 Å². The predicted octanol–water partition coefficient (Wildman–Crippen LogP) is 1.98. The predicted molar refractivity (Wildman–Crippen MR) is 75.7 cm³/mol. The quantitative estimate of drug-likeness (QED) is 0.400. The lowest BCUT2D eigenvalue weighted by Gasteiger charge is -2.07. The minimum absolute atomic E-state index is 0.673. The molecule has 18 heavy (non-hydrogen) atoms. The summed E-state index contributed by atoms with van der Waals surface area (Å²) < 4.78 is 1.87. The number of hydrogen-bond donors (Lipinski definition) is 1. The molecule has 0 aliphatic heterocycles. The molecule has 0 radical (unpaired) electrons. The fourth-order valence-electron chi connectivity index (χ4n) is 1.41. The van der Waals surface area contributed by atoms with Gasteiger partial charge in [0.2, 0.25) is 5.16 Å². The van der Waals surface area contributed by atoms with Crippen LogP contribution in [0.3, 0.4) is 0 Å². The molecule has 0 spiro atoms. The molecule has 5 nitrogen and oxygen atoms in total. The highest BCUT2D eigenvalue weighted by atomic mass is 32.2. The molecule has 0 saturated heterocycles. The van der Waals surface area contributed by atoms with Gasteiger partial charge < -0.3 is 5.32 Å². The third-order valence-electron chi connectivity index (χ3n) is 2.34. The minimum atomic E-state index is 0.673. The largest absolute Gasteiger partial charge is 0.315 e. The van der Waals surface area contributed by atoms with Gasteiger partial charge in [0.05, 0.1) is 6.54 Å². The fraction of sp³-hybridized carbons (Fsp3) is 0.750. The first-order valence-electron chi connectivity index (χ1n) is 6.44. The number of allylic oxidation sites excluding steroid dienone is 1. The summed E-state index contributed by atoms with van der Waals surface area (Å²) in [6.07, 6.45) is 4.11. The summed E-state index contributed by atoms with van der Waals surface area (Å²) in [7, 11) is 0. The first kappa shape index (κ1) is 15.2. The smallest absolute Gasteiger partial charge is 0.209 e. The van der Waals surface area contributed by atoms with Crippen molar-refractivity contribution in [1.29, 1.82) is 0 Å². The molecular formula is C12H23N5S. The van der Waals surface area contributed by atoms with Gasteiger partial charge in [-0.15, -0.1) is 11.7 Å². The molecule has 1 aromatic rings. The van der Waals surface area contributed by atoms with Crippen LogP contribution < -0.4 is 5.32 Å². The van der Waals surface area contributed by atoms with Crippen molar-refractivity contribution in [1.82, 2.24) is 25.5 Å². The SMILES string of the molecule is C=CCCCSc1nnnn1CCNCC(C)C. The summed E-state index contributed by atoms with van der Waals surface area (Å²) in [5.41, 5.74) is 0. The molecule has 102 valence electrons. The van der Waals surface area contributed by atoms with Crippen molar-refractivity contribution in [2.24, 2.45) is 5.92 Å². The second-order valence-corrected chi connectivity index (χ2v) is 5.62. The number of nitrogens with one attached hydrogen (secondary N) is 1. The van der Waals surface area contributed by atoms with Gasteiger partial charge in [-0.1, -0.05) is 31.7 Å². The zero-order valence-corrected chi connectivity index (χ0v) is 12.1. The van der Waals surface area contributed by atoms with Crippen LogP contribution in [0.25, 0.3) is 0 Å². The van der Waals surface area contributed by atoms with E-state index in [0.717, 1.165) is 43.4 Å². The van der Waals surface area contributed by atoms with Crippen molar-refractivity contribution in [2.75, 3.05) is 18.8 Å². The molecule has 1 rings (SSSR count). The number of thioether (sulfide) groups is 1. The number of tetrazole rings is 1. The van der Waals surface area contributed by atoms with Crippen molar-refractivity contribution >= 4 is 11.8 Å². The van der Waals surface area contributed by atoms with Crippen LogP contribution in [0.2, 0.25) is 0 Å². The number of nitrogens with zero attached hydrogens (tertiary/aromatic N) is 4. The molecule has 0 saturated carbocycles. The first-order chi connectivity index (χ1) is 8.74. The Morgan fingerprint density at radius 3 is 3.06 bits per heavy atom. The van der Waals surface area contributed by atoms with Gasteiger partial charge in [0.25, 0.3) is 0 Å². The average molecular weight is 269 g/mol. The van der Waals surface area contributed by atoms with Crippen LogP contribution in [0, 0.1) is 5.92 Å². The first-order valence-corrected chi connectivity index (χ1v) is 7.43. The van der Waals surface area contributed by atoms with E-state index in [2.05, 4.69) is 41.3 Å². The van der Waals surface area contributed by atoms with Crippen LogP contribution in [0.1, 0.15) is 26.7 Å². The lowest BCUT2D eigenvalue weighted by atomic mass is 10.2. The maximum Gasteiger partial charge on any atom is 0.209 e. The van der Waals surface area contributed by atoms with E-state index in [0.29, 0.717) is 5.92 Å². The topological polar surface area (TPSA) is 55.6 Å². The molecule has 1 heterocycles. The maximum absolute atomic E-state index is 4.04. The molecule has 0 aromatic carbocycles. The van der Waals surface area contributed by atoms with E-state index in [-0.39, 0.29) is 0 Å². The van der Waals surface area contributed by atoms with E-state index in [1.807, 2.05) is 10.8 Å². The molecule has 0 aliphatic rings. The Morgan fingerprint density at radius 1 is 1.50 bits per heavy atom. The van der Waals surface area contributed by atoms with Crippen molar-refractivity contribution in [3.63, 3.8) is 0 Å². The highest BCUT2D eigenvalue weighted by molar-refractivity contribution is 7.99. The summed E-state index contributed by atoms with van der Waals surface area (Å²) in [6.45, 7) is 10.9. The Labute approximate surface area is 113 Å². The summed E-state index contributed by atoms with van der Waals surface area (Å²) in [5, 5.41) is 16.1. The molecule has 0 aliphatic carbocycles. The molecule has 6 heteroatoms. The van der Waals surface area contributed by atoms with Gasteiger partial charge in [0.1, 0.15) is 0 Å². The highest BCUT2D eigenvalue weighted by Gasteiger charge is 2.05. The van der Waals surface area contributed by atoms with E-state index in [1.165, 1.54) is 0 Å². The summed E-state index contributed by atoms with van der Waals surface area (Å²) in [6, 6.07) is 0. The second-order valence-electron chi connectivity index (χ2n) is 4.56. The van der Waals surface area contributed by atoms with Gasteiger partial charge in [0, 0.05) is 12.3 Å². The molecular weight excluding hydrogens is 246 g/mol. The molecule has 0 unspecified atom stereocenters. The number of rotatable bonds is 10. The van der Waals surface area contributed by atoms with Gasteiger partial charge in [0.15, 0.2) is 0 Å². The van der Waals surface area contributed by atoms with Crippen LogP contribution in [0.15, 0.2) is 17.8 Å². The third kappa shape index (κ3) is 6.16. The van der Waals surface area contributed by atoms with Gasteiger partial charge in [-0.3, -0.25) is 0 Å². The molecule has 0 bridgehead atoms. The van der Waals surface area contributed by atoms with E-state index < -0.39 is 0 Å². The Balaban J connectivity index is 2.24. The standard InChI is InChI=1S/C12H23N5S/c1-4-5-6-9-18-12-14-15-16-17(12)8-7-13-10-11(2)3/h4,11,13H,1,5-10H2,2-3H3. The summed E-state index contributed by atoms with van der Waals surface area (Å²) >= 11 is 1.71. The van der Waals surface area contributed by atoms with Gasteiger partial charge in [-0.2, -0.15) is 0 Å². The van der Waals surface area contributed by atoms with Crippen molar-refractivity contribution in [2.45, 2.75) is 38.4 Å². The number of unbranched alkanes of at least 4 members (excludes halogenated alkanes) is 1. The van der Waals surface area contributed by atoms with E-state index in [1.54, 1.807) is 11.8 Å². The lowest BCUT2D eigenvalue weighted by Crippen LogP contribution is -2.24. The Bertz CT molecular complexity index is 337. The van der Waals surface area contributed by atoms with Crippen molar-refractivity contribution in [3.8, 4) is 0 Å². The fourth-order valence-corrected chi connectivity index (χ4v) is 2.27. The Morgan fingerprint density at radius 2 is 2.33 bits per heavy atom. The second kappa shape index (κ2) is 9.10. The highest BCUT2D eigenvalue weighted by Crippen LogP contribution is 2.15. The summed E-state index contributed by atoms with van der Waals surface area (Å²) in [4.78, 5) is 0. The molecule has 0 amide bonds. The van der Waals surface area contributed by atoms with E-state index >= 15 is 0 Å². The van der Waals surface area contributed by atoms with Gasteiger partial charge in [-0.05, 0) is 35.7 Å². The van der Waals surface area contributed by atoms with Gasteiger partial charge in [-0.25, -0.2) is 4.68 Å². The normalized spacial score (nSPS) is 11.1. The monoisotopic (exact) mass is 269 g/mol. The van der Waals surface area contributed by atoms with Crippen molar-refractivity contribution < 1.29 is 0 Å². The lowest BCUT2D eigenvalue weighted by molar-refractivity contribution is 0.482. The van der Waals surface area contributed by atoms with Crippen LogP contribution >= 0.6 is 11.8 Å². The van der Waals surface area contributed by atoms with Gasteiger partial charge >= 0.3 is 0 Å². The van der Waals surface area contributed by atoms with Crippen LogP contribution in [-0.4, -0.2) is 39.0 Å². The Kier molecular flexibility index (Phi) is 7.68. The maximum atomic E-state index is 4.04. The van der Waals surface area contributed by atoms with E-state index in [4.69, 9.17) is 0 Å². The molecule has 0 fully saturated rings. The molecule has 0 atom stereocenters. The number of aromatic nitrogens is 4. The molecule has 1 N–H and O–H groups in total. The minimum Gasteiger partial charge on any atom is -0.315 e. The Hall–Kier alpha value is -0.880. The van der Waals surface area contributed by atoms with E-state index in [9.17, 15) is 0 Å². The molecule has 1 aromatic heterocycles. The van der Waals surface area contributed by atoms with Crippen LogP contribution in [0.4, 0.5) is 0 Å². The third-order valence-corrected chi connectivity index (χ3v) is 3.38.